The first-order chi connectivity index (χ1) is 12.6. The van der Waals surface area contributed by atoms with Crippen molar-refractivity contribution in [1.29, 1.82) is 0 Å². The van der Waals surface area contributed by atoms with Crippen LogP contribution >= 0.6 is 23.2 Å². The molecule has 0 saturated heterocycles. The number of nitrogens with zero attached hydrogens (tertiary/aromatic N) is 4. The summed E-state index contributed by atoms with van der Waals surface area (Å²) in [5, 5.41) is 1.21. The summed E-state index contributed by atoms with van der Waals surface area (Å²) in [7, 11) is 0. The molecular formula is C19H17Cl2N5. The van der Waals surface area contributed by atoms with Crippen molar-refractivity contribution in [3.8, 4) is 11.3 Å². The maximum Gasteiger partial charge on any atom is 0.220 e. The van der Waals surface area contributed by atoms with Gasteiger partial charge < -0.3 is 5.73 Å². The summed E-state index contributed by atoms with van der Waals surface area (Å²) in [6.07, 6.45) is 4.61. The van der Waals surface area contributed by atoms with Crippen LogP contribution in [0.25, 0.3) is 11.3 Å². The zero-order valence-electron chi connectivity index (χ0n) is 14.0. The summed E-state index contributed by atoms with van der Waals surface area (Å²) in [4.78, 5) is 15.3. The molecule has 3 aromatic rings. The van der Waals surface area contributed by atoms with Crippen LogP contribution in [0, 0.1) is 0 Å². The van der Waals surface area contributed by atoms with Gasteiger partial charge in [-0.25, -0.2) is 9.97 Å². The fourth-order valence-electron chi connectivity index (χ4n) is 3.17. The van der Waals surface area contributed by atoms with E-state index in [1.807, 2.05) is 30.6 Å². The molecule has 0 bridgehead atoms. The second-order valence-corrected chi connectivity index (χ2v) is 7.24. The first-order valence-electron chi connectivity index (χ1n) is 8.31. The average molecular weight is 386 g/mol. The second kappa shape index (κ2) is 7.19. The number of nitrogens with two attached hydrogens (primary N) is 1. The van der Waals surface area contributed by atoms with Gasteiger partial charge in [0.1, 0.15) is 0 Å². The first kappa shape index (κ1) is 17.2. The monoisotopic (exact) mass is 385 g/mol. The van der Waals surface area contributed by atoms with E-state index in [4.69, 9.17) is 28.9 Å². The third kappa shape index (κ3) is 3.80. The molecule has 132 valence electrons. The molecule has 0 spiro atoms. The number of aromatic nitrogens is 3. The van der Waals surface area contributed by atoms with Crippen molar-refractivity contribution in [1.82, 2.24) is 19.9 Å². The third-order valence-corrected chi connectivity index (χ3v) is 4.86. The smallest absolute Gasteiger partial charge is 0.220 e. The van der Waals surface area contributed by atoms with Crippen LogP contribution < -0.4 is 5.73 Å². The first-order valence-corrected chi connectivity index (χ1v) is 9.06. The lowest BCUT2D eigenvalue weighted by atomic mass is 10.1. The molecule has 0 amide bonds. The predicted molar refractivity (Wildman–Crippen MR) is 104 cm³/mol. The van der Waals surface area contributed by atoms with Gasteiger partial charge in [-0.15, -0.1) is 0 Å². The number of hydrogen-bond acceptors (Lipinski definition) is 5. The predicted octanol–water partition coefficient (Wildman–Crippen LogP) is 3.99. The Hall–Kier alpha value is -2.21. The lowest BCUT2D eigenvalue weighted by Crippen LogP contribution is -2.31. The Morgan fingerprint density at radius 2 is 1.85 bits per heavy atom. The minimum absolute atomic E-state index is 0.345. The van der Waals surface area contributed by atoms with E-state index >= 15 is 0 Å². The number of nitrogen functional groups attached to an aromatic ring is 1. The van der Waals surface area contributed by atoms with Crippen molar-refractivity contribution < 1.29 is 0 Å². The van der Waals surface area contributed by atoms with E-state index in [0.717, 1.165) is 54.1 Å². The SMILES string of the molecule is Nc1ncc2c(n1)CCN(Cc1ccc(-c3cc(Cl)cc(Cl)c3)nc1)C2. The number of benzene rings is 1. The molecule has 0 atom stereocenters. The van der Waals surface area contributed by atoms with Gasteiger partial charge in [-0.2, -0.15) is 0 Å². The van der Waals surface area contributed by atoms with E-state index in [2.05, 4.69) is 25.9 Å². The van der Waals surface area contributed by atoms with E-state index in [0.29, 0.717) is 16.0 Å². The lowest BCUT2D eigenvalue weighted by molar-refractivity contribution is 0.243. The van der Waals surface area contributed by atoms with Gasteiger partial charge in [-0.05, 0) is 29.8 Å². The van der Waals surface area contributed by atoms with Gasteiger partial charge in [0.05, 0.1) is 11.4 Å². The van der Waals surface area contributed by atoms with Crippen molar-refractivity contribution in [3.05, 3.63) is 69.6 Å². The van der Waals surface area contributed by atoms with Crippen LogP contribution in [0.4, 0.5) is 5.95 Å². The van der Waals surface area contributed by atoms with Gasteiger partial charge in [0.2, 0.25) is 5.95 Å². The van der Waals surface area contributed by atoms with Gasteiger partial charge in [0.15, 0.2) is 0 Å². The standard InChI is InChI=1S/C19H17Cl2N5/c20-15-5-13(6-16(21)7-15)17-2-1-12(8-23-17)10-26-4-3-18-14(11-26)9-24-19(22)25-18/h1-2,5-9H,3-4,10-11H2,(H2,22,24,25). The molecule has 26 heavy (non-hydrogen) atoms. The summed E-state index contributed by atoms with van der Waals surface area (Å²) in [6.45, 7) is 2.59. The van der Waals surface area contributed by atoms with Gasteiger partial charge >= 0.3 is 0 Å². The molecule has 1 aliphatic heterocycles. The van der Waals surface area contributed by atoms with Crippen LogP contribution in [-0.4, -0.2) is 26.4 Å². The van der Waals surface area contributed by atoms with Crippen LogP contribution in [0.15, 0.2) is 42.7 Å². The molecular weight excluding hydrogens is 369 g/mol. The molecule has 1 aromatic carbocycles. The number of halogens is 2. The molecule has 2 N–H and O–H groups in total. The zero-order valence-corrected chi connectivity index (χ0v) is 15.5. The van der Waals surface area contributed by atoms with E-state index in [1.54, 1.807) is 6.07 Å². The van der Waals surface area contributed by atoms with E-state index in [-0.39, 0.29) is 0 Å². The summed E-state index contributed by atoms with van der Waals surface area (Å²) < 4.78 is 0. The Kier molecular flexibility index (Phi) is 4.76. The van der Waals surface area contributed by atoms with Crippen molar-refractivity contribution in [2.75, 3.05) is 12.3 Å². The van der Waals surface area contributed by atoms with Crippen molar-refractivity contribution in [3.63, 3.8) is 0 Å². The van der Waals surface area contributed by atoms with Gasteiger partial charge in [-0.1, -0.05) is 29.3 Å². The Labute approximate surface area is 161 Å². The minimum Gasteiger partial charge on any atom is -0.368 e. The second-order valence-electron chi connectivity index (χ2n) is 6.37. The molecule has 4 rings (SSSR count). The zero-order chi connectivity index (χ0) is 18.1. The number of fused-ring (bicyclic) bond motifs is 1. The molecule has 0 unspecified atom stereocenters. The Balaban J connectivity index is 1.47. The highest BCUT2D eigenvalue weighted by Gasteiger charge is 2.18. The number of pyridine rings is 1. The minimum atomic E-state index is 0.345. The summed E-state index contributed by atoms with van der Waals surface area (Å²) >= 11 is 12.1. The maximum atomic E-state index is 6.07. The Bertz CT molecular complexity index is 923. The fraction of sp³-hybridized carbons (Fsp3) is 0.211. The highest BCUT2D eigenvalue weighted by atomic mass is 35.5. The van der Waals surface area contributed by atoms with Crippen molar-refractivity contribution >= 4 is 29.2 Å². The average Bonchev–Trinajstić information content (AvgIpc) is 2.62. The summed E-state index contributed by atoms with van der Waals surface area (Å²) in [6, 6.07) is 9.53. The van der Waals surface area contributed by atoms with Crippen LogP contribution in [0.3, 0.4) is 0 Å². The molecule has 5 nitrogen and oxygen atoms in total. The van der Waals surface area contributed by atoms with Gasteiger partial charge in [-0.3, -0.25) is 9.88 Å². The normalized spacial score (nSPS) is 14.2. The summed E-state index contributed by atoms with van der Waals surface area (Å²) in [5.74, 6) is 0.345. The molecule has 7 heteroatoms. The van der Waals surface area contributed by atoms with Crippen molar-refractivity contribution in [2.24, 2.45) is 0 Å². The van der Waals surface area contributed by atoms with Crippen LogP contribution in [0.1, 0.15) is 16.8 Å². The maximum absolute atomic E-state index is 6.07. The molecule has 0 fully saturated rings. The molecule has 0 aliphatic carbocycles. The van der Waals surface area contributed by atoms with Gasteiger partial charge in [0, 0.05) is 59.6 Å². The topological polar surface area (TPSA) is 67.9 Å². The number of hydrogen-bond donors (Lipinski definition) is 1. The Morgan fingerprint density at radius 3 is 2.58 bits per heavy atom. The molecule has 3 heterocycles. The Morgan fingerprint density at radius 1 is 1.04 bits per heavy atom. The van der Waals surface area contributed by atoms with E-state index in [9.17, 15) is 0 Å². The lowest BCUT2D eigenvalue weighted by Gasteiger charge is -2.27. The van der Waals surface area contributed by atoms with Gasteiger partial charge in [0.25, 0.3) is 0 Å². The van der Waals surface area contributed by atoms with Crippen LogP contribution in [0.5, 0.6) is 0 Å². The van der Waals surface area contributed by atoms with Crippen LogP contribution in [0.2, 0.25) is 10.0 Å². The fourth-order valence-corrected chi connectivity index (χ4v) is 3.70. The molecule has 2 aromatic heterocycles. The number of anilines is 1. The summed E-state index contributed by atoms with van der Waals surface area (Å²) in [5.41, 5.74) is 10.8. The highest BCUT2D eigenvalue weighted by Crippen LogP contribution is 2.26. The molecule has 1 aliphatic rings. The largest absolute Gasteiger partial charge is 0.368 e. The molecule has 0 radical (unpaired) electrons. The number of rotatable bonds is 3. The van der Waals surface area contributed by atoms with E-state index < -0.39 is 0 Å². The molecule has 0 saturated carbocycles. The van der Waals surface area contributed by atoms with E-state index in [1.165, 1.54) is 0 Å². The highest BCUT2D eigenvalue weighted by molar-refractivity contribution is 6.35. The quantitative estimate of drug-likeness (QED) is 0.737. The van der Waals surface area contributed by atoms with Crippen LogP contribution in [-0.2, 0) is 19.5 Å². The third-order valence-electron chi connectivity index (χ3n) is 4.42. The van der Waals surface area contributed by atoms with Crippen molar-refractivity contribution in [2.45, 2.75) is 19.5 Å².